The highest BCUT2D eigenvalue weighted by molar-refractivity contribution is 7.12. The standard InChI is InChI=1S/C20H15N3O6S/c1-10-8-14(29-20(26)11-2-4-12(5-3-11)23(27)28)17-15(10)16(21-9-22-17)13-6-7-30-18(13)19(24)25/h2-7,9-10,14H,8H2,1H3,(H,24,25)/t10-,14-/m1/s1. The maximum atomic E-state index is 12.5. The number of hydrogen-bond acceptors (Lipinski definition) is 8. The molecule has 0 spiro atoms. The fourth-order valence-corrected chi connectivity index (χ4v) is 4.33. The molecule has 0 radical (unpaired) electrons. The van der Waals surface area contributed by atoms with E-state index < -0.39 is 23.0 Å². The number of rotatable bonds is 5. The summed E-state index contributed by atoms with van der Waals surface area (Å²) in [7, 11) is 0. The van der Waals surface area contributed by atoms with Gasteiger partial charge in [0.15, 0.2) is 0 Å². The quantitative estimate of drug-likeness (QED) is 0.365. The first-order valence-electron chi connectivity index (χ1n) is 8.98. The van der Waals surface area contributed by atoms with Crippen LogP contribution in [0.1, 0.15) is 56.7 Å². The Morgan fingerprint density at radius 1 is 1.23 bits per heavy atom. The number of carbonyl (C=O) groups excluding carboxylic acids is 1. The van der Waals surface area contributed by atoms with Crippen LogP contribution >= 0.6 is 11.3 Å². The minimum atomic E-state index is -1.03. The van der Waals surface area contributed by atoms with Gasteiger partial charge in [-0.3, -0.25) is 10.1 Å². The molecule has 0 unspecified atom stereocenters. The van der Waals surface area contributed by atoms with Crippen LogP contribution in [-0.4, -0.2) is 31.9 Å². The number of nitro groups is 1. The third kappa shape index (κ3) is 3.41. The van der Waals surface area contributed by atoms with E-state index in [9.17, 15) is 24.8 Å². The second kappa shape index (κ2) is 7.64. The molecule has 1 N–H and O–H groups in total. The van der Waals surface area contributed by atoms with Gasteiger partial charge in [-0.2, -0.15) is 0 Å². The number of ether oxygens (including phenoxy) is 1. The predicted molar refractivity (Wildman–Crippen MR) is 107 cm³/mol. The second-order valence-electron chi connectivity index (χ2n) is 6.82. The van der Waals surface area contributed by atoms with Gasteiger partial charge in [0.25, 0.3) is 5.69 Å². The summed E-state index contributed by atoms with van der Waals surface area (Å²) in [6, 6.07) is 6.88. The largest absolute Gasteiger partial charge is 0.477 e. The molecule has 30 heavy (non-hydrogen) atoms. The van der Waals surface area contributed by atoms with Crippen LogP contribution in [0.4, 0.5) is 5.69 Å². The number of nitro benzene ring substituents is 1. The summed E-state index contributed by atoms with van der Waals surface area (Å²) >= 11 is 1.12. The molecule has 152 valence electrons. The van der Waals surface area contributed by atoms with Crippen LogP contribution in [0.2, 0.25) is 0 Å². The molecule has 0 aliphatic heterocycles. The first kappa shape index (κ1) is 19.6. The molecule has 3 aromatic rings. The van der Waals surface area contributed by atoms with Crippen LogP contribution in [0.5, 0.6) is 0 Å². The van der Waals surface area contributed by atoms with Gasteiger partial charge in [-0.25, -0.2) is 19.6 Å². The van der Waals surface area contributed by atoms with Gasteiger partial charge in [-0.15, -0.1) is 11.3 Å². The zero-order chi connectivity index (χ0) is 21.4. The second-order valence-corrected chi connectivity index (χ2v) is 7.74. The molecule has 0 saturated heterocycles. The van der Waals surface area contributed by atoms with Crippen molar-refractivity contribution in [3.8, 4) is 11.3 Å². The van der Waals surface area contributed by atoms with Gasteiger partial charge in [-0.05, 0) is 35.9 Å². The maximum absolute atomic E-state index is 12.5. The number of esters is 1. The molecule has 1 aromatic carbocycles. The number of non-ortho nitro benzene ring substituents is 1. The molecule has 2 atom stereocenters. The van der Waals surface area contributed by atoms with Crippen LogP contribution in [0, 0.1) is 10.1 Å². The average Bonchev–Trinajstić information content (AvgIpc) is 3.33. The van der Waals surface area contributed by atoms with Crippen molar-refractivity contribution < 1.29 is 24.4 Å². The van der Waals surface area contributed by atoms with Crippen molar-refractivity contribution in [2.45, 2.75) is 25.4 Å². The molecule has 0 amide bonds. The number of hydrogen-bond donors (Lipinski definition) is 1. The Labute approximate surface area is 174 Å². The van der Waals surface area contributed by atoms with Crippen LogP contribution in [0.3, 0.4) is 0 Å². The Morgan fingerprint density at radius 3 is 2.63 bits per heavy atom. The highest BCUT2D eigenvalue weighted by Gasteiger charge is 2.36. The van der Waals surface area contributed by atoms with Gasteiger partial charge < -0.3 is 9.84 Å². The molecule has 10 heteroatoms. The van der Waals surface area contributed by atoms with Gasteiger partial charge in [0.2, 0.25) is 0 Å². The summed E-state index contributed by atoms with van der Waals surface area (Å²) in [5, 5.41) is 21.9. The zero-order valence-electron chi connectivity index (χ0n) is 15.6. The SMILES string of the molecule is C[C@@H]1C[C@@H](OC(=O)c2ccc([N+](=O)[O-])cc2)c2ncnc(-c3ccsc3C(=O)O)c21. The number of carboxylic acid groups (broad SMARTS) is 1. The number of carbonyl (C=O) groups is 2. The monoisotopic (exact) mass is 425 g/mol. The van der Waals surface area contributed by atoms with Gasteiger partial charge in [0, 0.05) is 23.3 Å². The molecule has 4 rings (SSSR count). The lowest BCUT2D eigenvalue weighted by Crippen LogP contribution is -2.11. The molecule has 2 heterocycles. The number of thiophene rings is 1. The fraction of sp³-hybridized carbons (Fsp3) is 0.200. The summed E-state index contributed by atoms with van der Waals surface area (Å²) < 4.78 is 5.63. The van der Waals surface area contributed by atoms with Gasteiger partial charge in [0.1, 0.15) is 17.3 Å². The number of benzene rings is 1. The molecule has 0 fully saturated rings. The van der Waals surface area contributed by atoms with Crippen molar-refractivity contribution in [2.75, 3.05) is 0 Å². The lowest BCUT2D eigenvalue weighted by Gasteiger charge is -2.13. The molecule has 1 aliphatic carbocycles. The van der Waals surface area contributed by atoms with Crippen molar-refractivity contribution in [1.29, 1.82) is 0 Å². The van der Waals surface area contributed by atoms with E-state index in [2.05, 4.69) is 9.97 Å². The molecule has 0 saturated carbocycles. The highest BCUT2D eigenvalue weighted by Crippen LogP contribution is 2.45. The smallest absolute Gasteiger partial charge is 0.346 e. The summed E-state index contributed by atoms with van der Waals surface area (Å²) in [4.78, 5) is 43.1. The zero-order valence-corrected chi connectivity index (χ0v) is 16.5. The predicted octanol–water partition coefficient (Wildman–Crippen LogP) is 4.22. The number of nitrogens with zero attached hydrogens (tertiary/aromatic N) is 3. The third-order valence-corrected chi connectivity index (χ3v) is 5.86. The molecule has 0 bridgehead atoms. The van der Waals surface area contributed by atoms with Crippen LogP contribution in [0.15, 0.2) is 42.0 Å². The van der Waals surface area contributed by atoms with Crippen molar-refractivity contribution in [3.05, 3.63) is 73.9 Å². The van der Waals surface area contributed by atoms with E-state index in [1.165, 1.54) is 30.6 Å². The fourth-order valence-electron chi connectivity index (χ4n) is 3.60. The number of aromatic carboxylic acids is 1. The van der Waals surface area contributed by atoms with E-state index in [0.717, 1.165) is 16.9 Å². The summed E-state index contributed by atoms with van der Waals surface area (Å²) in [5.41, 5.74) is 2.43. The van der Waals surface area contributed by atoms with Crippen molar-refractivity contribution >= 4 is 29.0 Å². The first-order chi connectivity index (χ1) is 14.4. The molecule has 9 nitrogen and oxygen atoms in total. The summed E-state index contributed by atoms with van der Waals surface area (Å²) in [5.74, 6) is -1.69. The summed E-state index contributed by atoms with van der Waals surface area (Å²) in [6.45, 7) is 1.94. The lowest BCUT2D eigenvalue weighted by molar-refractivity contribution is -0.384. The minimum Gasteiger partial charge on any atom is -0.477 e. The lowest BCUT2D eigenvalue weighted by atomic mass is 9.99. The maximum Gasteiger partial charge on any atom is 0.346 e. The average molecular weight is 425 g/mol. The topological polar surface area (TPSA) is 133 Å². The Kier molecular flexibility index (Phi) is 5.00. The normalized spacial score (nSPS) is 17.4. The van der Waals surface area contributed by atoms with Crippen molar-refractivity contribution in [3.63, 3.8) is 0 Å². The molecule has 2 aromatic heterocycles. The molecular formula is C20H15N3O6S. The van der Waals surface area contributed by atoms with Gasteiger partial charge in [0.05, 0.1) is 21.9 Å². The van der Waals surface area contributed by atoms with E-state index in [1.54, 1.807) is 11.4 Å². The number of fused-ring (bicyclic) bond motifs is 1. The van der Waals surface area contributed by atoms with E-state index in [4.69, 9.17) is 4.74 Å². The Morgan fingerprint density at radius 2 is 1.97 bits per heavy atom. The van der Waals surface area contributed by atoms with Gasteiger partial charge in [-0.1, -0.05) is 6.92 Å². The van der Waals surface area contributed by atoms with E-state index in [0.29, 0.717) is 23.4 Å². The Bertz CT molecular complexity index is 1160. The van der Waals surface area contributed by atoms with E-state index >= 15 is 0 Å². The number of aromatic nitrogens is 2. The van der Waals surface area contributed by atoms with E-state index in [1.807, 2.05) is 6.92 Å². The summed E-state index contributed by atoms with van der Waals surface area (Å²) in [6.07, 6.45) is 1.19. The highest BCUT2D eigenvalue weighted by atomic mass is 32.1. The van der Waals surface area contributed by atoms with Crippen LogP contribution in [0.25, 0.3) is 11.3 Å². The van der Waals surface area contributed by atoms with Crippen LogP contribution < -0.4 is 0 Å². The van der Waals surface area contributed by atoms with Gasteiger partial charge >= 0.3 is 11.9 Å². The Balaban J connectivity index is 1.64. The van der Waals surface area contributed by atoms with Crippen LogP contribution in [-0.2, 0) is 4.74 Å². The Hall–Kier alpha value is -3.66. The first-order valence-corrected chi connectivity index (χ1v) is 9.86. The third-order valence-electron chi connectivity index (χ3n) is 4.96. The minimum absolute atomic E-state index is 0.0487. The van der Waals surface area contributed by atoms with E-state index in [-0.39, 0.29) is 22.0 Å². The van der Waals surface area contributed by atoms with Crippen molar-refractivity contribution in [2.24, 2.45) is 0 Å². The number of carboxylic acids is 1. The molecule has 1 aliphatic rings. The van der Waals surface area contributed by atoms with Crippen molar-refractivity contribution in [1.82, 2.24) is 9.97 Å². The molecular weight excluding hydrogens is 410 g/mol.